The molecule has 0 spiro atoms. The molecule has 1 heterocycles. The molecule has 0 aliphatic heterocycles. The highest BCUT2D eigenvalue weighted by atomic mass is 32.2. The molecule has 0 radical (unpaired) electrons. The lowest BCUT2D eigenvalue weighted by Crippen LogP contribution is -2.24. The second kappa shape index (κ2) is 3.02. The van der Waals surface area contributed by atoms with Gasteiger partial charge in [-0.15, -0.1) is 11.3 Å². The zero-order chi connectivity index (χ0) is 9.35. The first kappa shape index (κ1) is 9.47. The molecule has 0 saturated carbocycles. The summed E-state index contributed by atoms with van der Waals surface area (Å²) < 4.78 is 23.2. The second-order valence-corrected chi connectivity index (χ2v) is 5.35. The number of sulfonamides is 1. The number of anilines is 1. The van der Waals surface area contributed by atoms with E-state index >= 15 is 0 Å². The lowest BCUT2D eigenvalue weighted by molar-refractivity contribution is 0.600. The molecule has 0 amide bonds. The van der Waals surface area contributed by atoms with Crippen molar-refractivity contribution in [3.8, 4) is 0 Å². The second-order valence-electron chi connectivity index (χ2n) is 2.50. The van der Waals surface area contributed by atoms with E-state index in [1.165, 1.54) is 22.7 Å². The van der Waals surface area contributed by atoms with E-state index in [1.54, 1.807) is 0 Å². The Morgan fingerprint density at radius 2 is 2.17 bits per heavy atom. The fraction of sp³-hybridized carbons (Fsp3) is 0.500. The fourth-order valence-electron chi connectivity index (χ4n) is 0.628. The first-order chi connectivity index (χ1) is 5.41. The van der Waals surface area contributed by atoms with Crippen molar-refractivity contribution in [2.24, 2.45) is 0 Å². The van der Waals surface area contributed by atoms with Gasteiger partial charge in [-0.2, -0.15) is 0 Å². The first-order valence-electron chi connectivity index (χ1n) is 3.27. The van der Waals surface area contributed by atoms with Crippen LogP contribution in [0.4, 0.5) is 5.13 Å². The Balaban J connectivity index is 3.01. The molecule has 1 aromatic rings. The molecule has 6 heteroatoms. The number of hydrogen-bond donors (Lipinski definition) is 0. The number of aryl methyl sites for hydroxylation is 1. The van der Waals surface area contributed by atoms with E-state index in [1.807, 2.05) is 12.3 Å². The number of aromatic nitrogens is 1. The van der Waals surface area contributed by atoms with Crippen molar-refractivity contribution in [1.29, 1.82) is 0 Å². The van der Waals surface area contributed by atoms with E-state index < -0.39 is 10.0 Å². The maximum absolute atomic E-state index is 11.0. The molecule has 1 rings (SSSR count). The summed E-state index contributed by atoms with van der Waals surface area (Å²) in [5.74, 6) is 0. The van der Waals surface area contributed by atoms with Gasteiger partial charge in [-0.3, -0.25) is 0 Å². The molecular formula is C6H10N2O2S2. The van der Waals surface area contributed by atoms with E-state index in [2.05, 4.69) is 4.98 Å². The van der Waals surface area contributed by atoms with Gasteiger partial charge in [0.15, 0.2) is 5.13 Å². The third-order valence-corrected chi connectivity index (χ3v) is 3.69. The maximum Gasteiger partial charge on any atom is 0.233 e. The maximum atomic E-state index is 11.0. The van der Waals surface area contributed by atoms with Crippen LogP contribution in [0, 0.1) is 6.92 Å². The summed E-state index contributed by atoms with van der Waals surface area (Å²) >= 11 is 1.32. The highest BCUT2D eigenvalue weighted by Crippen LogP contribution is 2.20. The zero-order valence-electron chi connectivity index (χ0n) is 7.10. The normalized spacial score (nSPS) is 11.6. The summed E-state index contributed by atoms with van der Waals surface area (Å²) in [6.07, 6.45) is 1.16. The molecule has 0 saturated heterocycles. The van der Waals surface area contributed by atoms with Gasteiger partial charge >= 0.3 is 0 Å². The highest BCUT2D eigenvalue weighted by molar-refractivity contribution is 7.92. The SMILES string of the molecule is Cc1csc(N(C)S(C)(=O)=O)n1. The topological polar surface area (TPSA) is 50.3 Å². The number of nitrogens with zero attached hydrogens (tertiary/aromatic N) is 2. The van der Waals surface area contributed by atoms with Gasteiger partial charge in [0.05, 0.1) is 11.9 Å². The Bertz CT molecular complexity index is 369. The average molecular weight is 206 g/mol. The number of rotatable bonds is 2. The summed E-state index contributed by atoms with van der Waals surface area (Å²) in [6.45, 7) is 1.83. The minimum atomic E-state index is -3.16. The summed E-state index contributed by atoms with van der Waals surface area (Å²) in [4.78, 5) is 4.04. The Labute approximate surface area is 75.9 Å². The van der Waals surface area contributed by atoms with E-state index in [9.17, 15) is 8.42 Å². The molecule has 12 heavy (non-hydrogen) atoms. The smallest absolute Gasteiger partial charge is 0.233 e. The van der Waals surface area contributed by atoms with Gasteiger partial charge in [0.1, 0.15) is 0 Å². The third-order valence-electron chi connectivity index (χ3n) is 1.37. The molecule has 0 N–H and O–H groups in total. The van der Waals surface area contributed by atoms with Crippen LogP contribution in [-0.2, 0) is 10.0 Å². The predicted octanol–water partition coefficient (Wildman–Crippen LogP) is 0.847. The van der Waals surface area contributed by atoms with E-state index in [4.69, 9.17) is 0 Å². The van der Waals surface area contributed by atoms with Crippen LogP contribution in [0.25, 0.3) is 0 Å². The van der Waals surface area contributed by atoms with Crippen molar-refractivity contribution in [3.05, 3.63) is 11.1 Å². The van der Waals surface area contributed by atoms with E-state index in [-0.39, 0.29) is 0 Å². The number of hydrogen-bond acceptors (Lipinski definition) is 4. The quantitative estimate of drug-likeness (QED) is 0.720. The first-order valence-corrected chi connectivity index (χ1v) is 6.00. The molecular weight excluding hydrogens is 196 g/mol. The third kappa shape index (κ3) is 1.95. The minimum Gasteiger partial charge on any atom is -0.248 e. The van der Waals surface area contributed by atoms with Crippen LogP contribution >= 0.6 is 11.3 Å². The van der Waals surface area contributed by atoms with E-state index in [0.717, 1.165) is 11.9 Å². The number of thiazole rings is 1. The van der Waals surface area contributed by atoms with Crippen molar-refractivity contribution >= 4 is 26.5 Å². The van der Waals surface area contributed by atoms with Crippen molar-refractivity contribution in [1.82, 2.24) is 4.98 Å². The van der Waals surface area contributed by atoms with Gasteiger partial charge in [0.2, 0.25) is 10.0 Å². The van der Waals surface area contributed by atoms with Gasteiger partial charge in [-0.25, -0.2) is 17.7 Å². The standard InChI is InChI=1S/C6H10N2O2S2/c1-5-4-11-6(7-5)8(2)12(3,9)10/h4H,1-3H3. The van der Waals surface area contributed by atoms with Gasteiger partial charge in [-0.1, -0.05) is 0 Å². The molecule has 0 aliphatic rings. The largest absolute Gasteiger partial charge is 0.248 e. The summed E-state index contributed by atoms with van der Waals surface area (Å²) in [5, 5.41) is 2.33. The van der Waals surface area contributed by atoms with E-state index in [0.29, 0.717) is 5.13 Å². The molecule has 0 aliphatic carbocycles. The Morgan fingerprint density at radius 3 is 2.50 bits per heavy atom. The average Bonchev–Trinajstić information content (AvgIpc) is 2.32. The Kier molecular flexibility index (Phi) is 2.39. The van der Waals surface area contributed by atoms with Gasteiger partial charge in [0.25, 0.3) is 0 Å². The molecule has 0 atom stereocenters. The van der Waals surface area contributed by atoms with Crippen molar-refractivity contribution in [2.75, 3.05) is 17.6 Å². The van der Waals surface area contributed by atoms with Crippen LogP contribution < -0.4 is 4.31 Å². The zero-order valence-corrected chi connectivity index (χ0v) is 8.74. The Morgan fingerprint density at radius 1 is 1.58 bits per heavy atom. The van der Waals surface area contributed by atoms with Crippen LogP contribution in [0.5, 0.6) is 0 Å². The monoisotopic (exact) mass is 206 g/mol. The molecule has 4 nitrogen and oxygen atoms in total. The summed E-state index contributed by atoms with van der Waals surface area (Å²) in [6, 6.07) is 0. The predicted molar refractivity (Wildman–Crippen MR) is 50.1 cm³/mol. The van der Waals surface area contributed by atoms with Gasteiger partial charge in [0, 0.05) is 12.4 Å². The molecule has 0 fully saturated rings. The van der Waals surface area contributed by atoms with Crippen LogP contribution in [0.15, 0.2) is 5.38 Å². The molecule has 0 unspecified atom stereocenters. The van der Waals surface area contributed by atoms with Gasteiger partial charge < -0.3 is 0 Å². The molecule has 1 aromatic heterocycles. The molecule has 68 valence electrons. The van der Waals surface area contributed by atoms with Gasteiger partial charge in [-0.05, 0) is 6.92 Å². The van der Waals surface area contributed by atoms with Crippen LogP contribution in [-0.4, -0.2) is 26.7 Å². The molecule has 0 bridgehead atoms. The molecule has 0 aromatic carbocycles. The van der Waals surface area contributed by atoms with Crippen LogP contribution in [0.2, 0.25) is 0 Å². The minimum absolute atomic E-state index is 0.509. The van der Waals surface area contributed by atoms with Crippen molar-refractivity contribution in [3.63, 3.8) is 0 Å². The fourth-order valence-corrected chi connectivity index (χ4v) is 2.16. The summed E-state index contributed by atoms with van der Waals surface area (Å²) in [5.41, 5.74) is 0.838. The summed E-state index contributed by atoms with van der Waals surface area (Å²) in [7, 11) is -1.67. The Hall–Kier alpha value is -0.620. The van der Waals surface area contributed by atoms with Crippen LogP contribution in [0.1, 0.15) is 5.69 Å². The van der Waals surface area contributed by atoms with Crippen molar-refractivity contribution in [2.45, 2.75) is 6.92 Å². The van der Waals surface area contributed by atoms with Crippen molar-refractivity contribution < 1.29 is 8.42 Å². The highest BCUT2D eigenvalue weighted by Gasteiger charge is 2.14. The lowest BCUT2D eigenvalue weighted by Gasteiger charge is -2.11. The lowest BCUT2D eigenvalue weighted by atomic mass is 10.6. The van der Waals surface area contributed by atoms with Crippen LogP contribution in [0.3, 0.4) is 0 Å².